The van der Waals surface area contributed by atoms with Crippen LogP contribution in [0, 0.1) is 23.7 Å². The molecule has 6 heterocycles. The minimum Gasteiger partial charge on any atom is -0.293 e. The molecule has 8 nitrogen and oxygen atoms in total. The molecule has 11 rings (SSSR count). The smallest absolute Gasteiger partial charge is 0.266 e. The van der Waals surface area contributed by atoms with Gasteiger partial charge in [0.1, 0.15) is 30.7 Å². The number of likely N-dealkylation sites (N-methyl/N-ethyl adjacent to an activating group) is 2. The van der Waals surface area contributed by atoms with Gasteiger partial charge in [0.25, 0.3) is 11.8 Å². The number of thioether (sulfide) groups is 2. The van der Waals surface area contributed by atoms with Gasteiger partial charge in [-0.3, -0.25) is 19.4 Å². The zero-order valence-electron chi connectivity index (χ0n) is 53.4. The number of benzene rings is 3. The first kappa shape index (κ1) is 65.5. The van der Waals surface area contributed by atoms with E-state index in [-0.39, 0.29) is 22.6 Å². The Morgan fingerprint density at radius 3 is 1.10 bits per heavy atom. The Balaban J connectivity index is 1.15. The van der Waals surface area contributed by atoms with E-state index < -0.39 is 0 Å². The molecule has 16 heteroatoms. The standard InChI is InChI=1S/C72H88N6O2S8/c1-11-21-25-43(15-5)39-71(40-44(16-6)26-22-12-2)53-35-52-54(36-51(53)65-55(71)37-57(83-65)49-31-29-47(61-63(49)75-87-73-61)33-59-67(79)77(19-9)69(81)85-59)72(41-45(17-7)27-23-13-3,42-46(18-8)28-24-14-4)56-38-58(84-66(52)56)50-32-30-48(62-64(50)76-88-74-62)34-60-68(80)78(20-10)70(82)86-60/h29-38,43-46H,11-28,39-42H2,1-10H3/b59-33-,60-34-. The van der Waals surface area contributed by atoms with Gasteiger partial charge in [0, 0.05) is 65.7 Å². The van der Waals surface area contributed by atoms with Crippen molar-refractivity contribution in [3.05, 3.63) is 91.7 Å². The van der Waals surface area contributed by atoms with Crippen LogP contribution in [0.1, 0.15) is 231 Å². The average Bonchev–Trinajstić information content (AvgIpc) is 1.52. The van der Waals surface area contributed by atoms with Gasteiger partial charge >= 0.3 is 0 Å². The molecule has 2 fully saturated rings. The number of hydrogen-bond donors (Lipinski definition) is 0. The predicted molar refractivity (Wildman–Crippen MR) is 390 cm³/mol. The molecular formula is C72H88N6O2S8. The average molecular weight is 1330 g/mol. The van der Waals surface area contributed by atoms with Crippen molar-refractivity contribution in [2.75, 3.05) is 13.1 Å². The van der Waals surface area contributed by atoms with E-state index in [0.29, 0.717) is 55.2 Å². The van der Waals surface area contributed by atoms with Crippen LogP contribution in [0.4, 0.5) is 0 Å². The van der Waals surface area contributed by atoms with Crippen LogP contribution in [0.15, 0.2) is 58.3 Å². The van der Waals surface area contributed by atoms with Gasteiger partial charge in [-0.15, -0.1) is 22.7 Å². The van der Waals surface area contributed by atoms with E-state index in [9.17, 15) is 9.59 Å². The third kappa shape index (κ3) is 12.2. The summed E-state index contributed by atoms with van der Waals surface area (Å²) >= 11 is 20.5. The molecule has 0 saturated carbocycles. The molecule has 2 saturated heterocycles. The molecule has 4 aromatic heterocycles. The minimum absolute atomic E-state index is 0.0399. The molecular weight excluding hydrogens is 1240 g/mol. The molecule has 4 aliphatic rings. The number of rotatable bonds is 30. The summed E-state index contributed by atoms with van der Waals surface area (Å²) in [4.78, 5) is 37.1. The molecule has 4 atom stereocenters. The topological polar surface area (TPSA) is 92.2 Å². The maximum absolute atomic E-state index is 13.5. The zero-order valence-corrected chi connectivity index (χ0v) is 59.9. The predicted octanol–water partition coefficient (Wildman–Crippen LogP) is 22.6. The number of nitrogens with zero attached hydrogens (tertiary/aromatic N) is 6. The summed E-state index contributed by atoms with van der Waals surface area (Å²) in [6, 6.07) is 19.7. The highest BCUT2D eigenvalue weighted by Crippen LogP contribution is 2.66. The van der Waals surface area contributed by atoms with E-state index in [0.717, 1.165) is 95.7 Å². The van der Waals surface area contributed by atoms with Gasteiger partial charge < -0.3 is 0 Å². The molecule has 7 aromatic rings. The van der Waals surface area contributed by atoms with Gasteiger partial charge in [0.2, 0.25) is 0 Å². The van der Waals surface area contributed by atoms with Crippen molar-refractivity contribution in [3.8, 4) is 41.8 Å². The Labute approximate surface area is 559 Å². The van der Waals surface area contributed by atoms with Gasteiger partial charge in [0.05, 0.1) is 33.3 Å². The molecule has 3 aromatic carbocycles. The minimum atomic E-state index is -0.198. The maximum Gasteiger partial charge on any atom is 0.266 e. The summed E-state index contributed by atoms with van der Waals surface area (Å²) in [7, 11) is 0. The fourth-order valence-corrected chi connectivity index (χ4v) is 21.8. The van der Waals surface area contributed by atoms with Gasteiger partial charge in [-0.1, -0.05) is 230 Å². The van der Waals surface area contributed by atoms with Gasteiger partial charge in [-0.05, 0) is 133 Å². The number of thiophene rings is 2. The number of amides is 2. The summed E-state index contributed by atoms with van der Waals surface area (Å²) in [6.45, 7) is 24.3. The number of thiocarbonyl (C=S) groups is 2. The van der Waals surface area contributed by atoms with Gasteiger partial charge in [0.15, 0.2) is 0 Å². The summed E-state index contributed by atoms with van der Waals surface area (Å²) in [6.07, 6.45) is 27.8. The van der Waals surface area contributed by atoms with E-state index >= 15 is 0 Å². The van der Waals surface area contributed by atoms with Gasteiger partial charge in [-0.25, -0.2) is 0 Å². The first-order valence-electron chi connectivity index (χ1n) is 33.3. The molecule has 0 bridgehead atoms. The normalized spacial score (nSPS) is 20.4. The van der Waals surface area contributed by atoms with Crippen LogP contribution in [0.5, 0.6) is 0 Å². The lowest BCUT2D eigenvalue weighted by Crippen LogP contribution is -2.32. The number of hydrogen-bond acceptors (Lipinski definition) is 14. The Morgan fingerprint density at radius 2 is 0.795 bits per heavy atom. The molecule has 466 valence electrons. The molecule has 2 aliphatic carbocycles. The van der Waals surface area contributed by atoms with Crippen molar-refractivity contribution in [1.29, 1.82) is 0 Å². The van der Waals surface area contributed by atoms with Crippen molar-refractivity contribution < 1.29 is 9.59 Å². The van der Waals surface area contributed by atoms with Crippen molar-refractivity contribution in [1.82, 2.24) is 27.3 Å². The second kappa shape index (κ2) is 28.5. The van der Waals surface area contributed by atoms with Crippen molar-refractivity contribution >= 4 is 149 Å². The van der Waals surface area contributed by atoms with Crippen molar-refractivity contribution in [2.24, 2.45) is 23.7 Å². The quantitative estimate of drug-likeness (QED) is 0.0320. The Kier molecular flexibility index (Phi) is 21.2. The van der Waals surface area contributed by atoms with Crippen molar-refractivity contribution in [2.45, 2.75) is 208 Å². The Bertz CT molecular complexity index is 3520. The van der Waals surface area contributed by atoms with Crippen LogP contribution in [-0.2, 0) is 20.4 Å². The van der Waals surface area contributed by atoms with E-state index in [1.54, 1.807) is 20.9 Å². The summed E-state index contributed by atoms with van der Waals surface area (Å²) < 4.78 is 21.3. The summed E-state index contributed by atoms with van der Waals surface area (Å²) in [5, 5.41) is 0. The molecule has 0 radical (unpaired) electrons. The van der Waals surface area contributed by atoms with Crippen LogP contribution in [0.2, 0.25) is 0 Å². The number of aromatic nitrogens is 4. The monoisotopic (exact) mass is 1320 g/mol. The lowest BCUT2D eigenvalue weighted by molar-refractivity contribution is -0.122. The van der Waals surface area contributed by atoms with E-state index in [1.165, 1.54) is 166 Å². The van der Waals surface area contributed by atoms with Crippen LogP contribution >= 0.6 is 94.1 Å². The lowest BCUT2D eigenvalue weighted by atomic mass is 9.63. The third-order valence-corrected chi connectivity index (χ3v) is 26.5. The molecule has 0 N–H and O–H groups in total. The van der Waals surface area contributed by atoms with E-state index in [2.05, 4.69) is 104 Å². The SMILES string of the molecule is CCCCC(CC)CC1(CC(CC)CCCC)c2cc3c(cc2-c2sc(-c4ccc(/C=C5\SC(=S)N(CC)C5=O)c5nsnc45)cc21)C(CC(CC)CCCC)(CC(CC)CCCC)c1cc(-c2ccc(/C=C4\SC(=S)N(CC)C4=O)c4nsnc24)sc1-3. The van der Waals surface area contributed by atoms with Crippen molar-refractivity contribution in [3.63, 3.8) is 0 Å². The molecule has 4 unspecified atom stereocenters. The highest BCUT2D eigenvalue weighted by molar-refractivity contribution is 8.27. The fraction of sp³-hybridized carbons (Fsp3) is 0.528. The molecule has 2 amide bonds. The largest absolute Gasteiger partial charge is 0.293 e. The second-order valence-corrected chi connectivity index (χ2v) is 32.0. The number of carbonyl (C=O) groups is 2. The van der Waals surface area contributed by atoms with E-state index in [1.807, 2.05) is 48.7 Å². The van der Waals surface area contributed by atoms with Crippen LogP contribution in [-0.4, -0.2) is 60.8 Å². The highest BCUT2D eigenvalue weighted by Gasteiger charge is 2.52. The van der Waals surface area contributed by atoms with Crippen LogP contribution < -0.4 is 0 Å². The first-order chi connectivity index (χ1) is 42.8. The molecule has 88 heavy (non-hydrogen) atoms. The fourth-order valence-electron chi connectivity index (χ4n) is 15.2. The van der Waals surface area contributed by atoms with Crippen LogP contribution in [0.25, 0.3) is 76.0 Å². The zero-order chi connectivity index (χ0) is 62.0. The third-order valence-electron chi connectivity index (χ3n) is 20.3. The Hall–Kier alpha value is -4.00. The van der Waals surface area contributed by atoms with Gasteiger partial charge in [-0.2, -0.15) is 17.5 Å². The lowest BCUT2D eigenvalue weighted by Gasteiger charge is -2.40. The second-order valence-electron chi connectivity index (χ2n) is 25.5. The van der Waals surface area contributed by atoms with E-state index in [4.69, 9.17) is 41.9 Å². The highest BCUT2D eigenvalue weighted by atomic mass is 32.2. The summed E-state index contributed by atoms with van der Waals surface area (Å²) in [5.41, 5.74) is 16.2. The first-order valence-corrected chi connectivity index (χ1v) is 38.8. The van der Waals surface area contributed by atoms with Crippen LogP contribution in [0.3, 0.4) is 0 Å². The number of carbonyl (C=O) groups excluding carboxylic acids is 2. The number of unbranched alkanes of at least 4 members (excludes halogenated alkanes) is 4. The Morgan fingerprint density at radius 1 is 0.455 bits per heavy atom. The maximum atomic E-state index is 13.5. The molecule has 0 spiro atoms. The number of fused-ring (bicyclic) bond motifs is 8. The molecule has 2 aliphatic heterocycles. The summed E-state index contributed by atoms with van der Waals surface area (Å²) in [5.74, 6) is 2.21.